The van der Waals surface area contributed by atoms with Crippen LogP contribution in [0.1, 0.15) is 25.1 Å². The molecule has 0 saturated carbocycles. The van der Waals surface area contributed by atoms with Crippen LogP contribution >= 0.6 is 0 Å². The van der Waals surface area contributed by atoms with Crippen LogP contribution in [0.4, 0.5) is 11.5 Å². The van der Waals surface area contributed by atoms with E-state index < -0.39 is 0 Å². The average Bonchev–Trinajstić information content (AvgIpc) is 2.42. The number of nitrogens with zero attached hydrogens (tertiary/aromatic N) is 3. The molecule has 0 aliphatic rings. The zero-order chi connectivity index (χ0) is 14.5. The Morgan fingerprint density at radius 1 is 1.25 bits per heavy atom. The van der Waals surface area contributed by atoms with Crippen LogP contribution in [0, 0.1) is 18.3 Å². The molecule has 1 aromatic carbocycles. The quantitative estimate of drug-likeness (QED) is 0.922. The van der Waals surface area contributed by atoms with E-state index in [1.54, 1.807) is 6.20 Å². The number of rotatable bonds is 4. The minimum atomic E-state index is 0.137. The number of ether oxygens (including phenoxy) is 1. The number of hydrogen-bond donors (Lipinski definition) is 1. The van der Waals surface area contributed by atoms with Crippen LogP contribution in [0.25, 0.3) is 0 Å². The van der Waals surface area contributed by atoms with Crippen LogP contribution < -0.4 is 10.1 Å². The molecule has 0 saturated heterocycles. The van der Waals surface area contributed by atoms with Gasteiger partial charge < -0.3 is 10.1 Å². The summed E-state index contributed by atoms with van der Waals surface area (Å²) < 4.78 is 5.69. The molecule has 0 fully saturated rings. The first-order valence-corrected chi connectivity index (χ1v) is 6.35. The molecule has 0 atom stereocenters. The van der Waals surface area contributed by atoms with E-state index >= 15 is 0 Å². The van der Waals surface area contributed by atoms with Gasteiger partial charge in [0.1, 0.15) is 11.8 Å². The van der Waals surface area contributed by atoms with Gasteiger partial charge in [-0.1, -0.05) is 0 Å². The van der Waals surface area contributed by atoms with Gasteiger partial charge in [0.2, 0.25) is 0 Å². The molecule has 0 unspecified atom stereocenters. The summed E-state index contributed by atoms with van der Waals surface area (Å²) in [6, 6.07) is 7.75. The number of hydrogen-bond acceptors (Lipinski definition) is 5. The summed E-state index contributed by atoms with van der Waals surface area (Å²) in [6.45, 7) is 5.96. The van der Waals surface area contributed by atoms with E-state index in [4.69, 9.17) is 10.00 Å². The van der Waals surface area contributed by atoms with Crippen molar-refractivity contribution in [2.75, 3.05) is 5.32 Å². The smallest absolute Gasteiger partial charge is 0.183 e. The number of benzene rings is 1. The highest BCUT2D eigenvalue weighted by Gasteiger charge is 2.07. The molecule has 102 valence electrons. The zero-order valence-corrected chi connectivity index (χ0v) is 11.7. The van der Waals surface area contributed by atoms with E-state index in [9.17, 15) is 0 Å². The number of nitrogens with one attached hydrogen (secondary N) is 1. The first kappa shape index (κ1) is 13.8. The molecule has 1 N–H and O–H groups in total. The van der Waals surface area contributed by atoms with E-state index in [1.165, 1.54) is 6.20 Å². The van der Waals surface area contributed by atoms with Crippen molar-refractivity contribution in [3.05, 3.63) is 41.9 Å². The molecule has 0 amide bonds. The van der Waals surface area contributed by atoms with E-state index in [2.05, 4.69) is 15.3 Å². The van der Waals surface area contributed by atoms with Gasteiger partial charge in [0.15, 0.2) is 11.5 Å². The van der Waals surface area contributed by atoms with Crippen molar-refractivity contribution in [1.29, 1.82) is 5.26 Å². The maximum absolute atomic E-state index is 8.98. The van der Waals surface area contributed by atoms with E-state index in [1.807, 2.05) is 45.0 Å². The topological polar surface area (TPSA) is 70.8 Å². The van der Waals surface area contributed by atoms with Crippen molar-refractivity contribution in [3.63, 3.8) is 0 Å². The molecule has 2 aromatic rings. The van der Waals surface area contributed by atoms with Crippen molar-refractivity contribution in [2.45, 2.75) is 26.9 Å². The van der Waals surface area contributed by atoms with Gasteiger partial charge in [0, 0.05) is 18.1 Å². The summed E-state index contributed by atoms with van der Waals surface area (Å²) in [7, 11) is 0. The van der Waals surface area contributed by atoms with Crippen LogP contribution in [-0.4, -0.2) is 16.1 Å². The number of aromatic nitrogens is 2. The maximum atomic E-state index is 8.98. The van der Waals surface area contributed by atoms with Crippen LogP contribution in [0.5, 0.6) is 5.75 Å². The monoisotopic (exact) mass is 268 g/mol. The van der Waals surface area contributed by atoms with Crippen molar-refractivity contribution < 1.29 is 4.74 Å². The van der Waals surface area contributed by atoms with Crippen molar-refractivity contribution in [2.24, 2.45) is 0 Å². The third-order valence-corrected chi connectivity index (χ3v) is 2.60. The van der Waals surface area contributed by atoms with Gasteiger partial charge in [-0.15, -0.1) is 0 Å². The van der Waals surface area contributed by atoms with Crippen molar-refractivity contribution >= 4 is 11.5 Å². The van der Waals surface area contributed by atoms with Crippen molar-refractivity contribution in [1.82, 2.24) is 9.97 Å². The molecule has 1 heterocycles. The van der Waals surface area contributed by atoms with E-state index in [0.29, 0.717) is 5.82 Å². The third kappa shape index (κ3) is 3.23. The van der Waals surface area contributed by atoms with Gasteiger partial charge in [-0.2, -0.15) is 5.26 Å². The van der Waals surface area contributed by atoms with Gasteiger partial charge in [-0.25, -0.2) is 9.97 Å². The third-order valence-electron chi connectivity index (χ3n) is 2.60. The average molecular weight is 268 g/mol. The predicted molar refractivity (Wildman–Crippen MR) is 77.0 cm³/mol. The Kier molecular flexibility index (Phi) is 4.16. The molecule has 1 aromatic heterocycles. The molecule has 5 heteroatoms. The highest BCUT2D eigenvalue weighted by molar-refractivity contribution is 5.62. The Morgan fingerprint density at radius 2 is 2.00 bits per heavy atom. The molecular formula is C15H16N4O. The molecule has 20 heavy (non-hydrogen) atoms. The largest absolute Gasteiger partial charge is 0.491 e. The summed E-state index contributed by atoms with van der Waals surface area (Å²) >= 11 is 0. The van der Waals surface area contributed by atoms with Crippen molar-refractivity contribution in [3.8, 4) is 11.8 Å². The molecular weight excluding hydrogens is 252 g/mol. The maximum Gasteiger partial charge on any atom is 0.183 e. The fraction of sp³-hybridized carbons (Fsp3) is 0.267. The summed E-state index contributed by atoms with van der Waals surface area (Å²) in [5.41, 5.74) is 2.13. The second-order valence-corrected chi connectivity index (χ2v) is 4.64. The van der Waals surface area contributed by atoms with Crippen LogP contribution in [0.2, 0.25) is 0 Å². The fourth-order valence-corrected chi connectivity index (χ4v) is 1.76. The SMILES string of the molecule is Cc1cc(Nc2nccnc2C#N)ccc1OC(C)C. The molecule has 2 rings (SSSR count). The number of nitriles is 1. The van der Waals surface area contributed by atoms with Crippen LogP contribution in [0.3, 0.4) is 0 Å². The highest BCUT2D eigenvalue weighted by atomic mass is 16.5. The molecule has 0 radical (unpaired) electrons. The summed E-state index contributed by atoms with van der Waals surface area (Å²) in [6.07, 6.45) is 3.18. The highest BCUT2D eigenvalue weighted by Crippen LogP contribution is 2.25. The minimum Gasteiger partial charge on any atom is -0.491 e. The molecule has 0 bridgehead atoms. The van der Waals surface area contributed by atoms with Gasteiger partial charge in [0.05, 0.1) is 6.10 Å². The second-order valence-electron chi connectivity index (χ2n) is 4.64. The molecule has 0 aliphatic carbocycles. The van der Waals surface area contributed by atoms with Crippen LogP contribution in [-0.2, 0) is 0 Å². The van der Waals surface area contributed by atoms with Crippen LogP contribution in [0.15, 0.2) is 30.6 Å². The lowest BCUT2D eigenvalue weighted by atomic mass is 10.2. The minimum absolute atomic E-state index is 0.137. The predicted octanol–water partition coefficient (Wildman–Crippen LogP) is 3.19. The number of anilines is 2. The lowest BCUT2D eigenvalue weighted by Crippen LogP contribution is -2.07. The fourth-order valence-electron chi connectivity index (χ4n) is 1.76. The van der Waals surface area contributed by atoms with E-state index in [0.717, 1.165) is 17.0 Å². The van der Waals surface area contributed by atoms with E-state index in [-0.39, 0.29) is 11.8 Å². The Labute approximate surface area is 118 Å². The molecule has 0 aliphatic heterocycles. The van der Waals surface area contributed by atoms with Gasteiger partial charge in [-0.05, 0) is 44.5 Å². The first-order chi connectivity index (χ1) is 9.60. The second kappa shape index (κ2) is 6.02. The van der Waals surface area contributed by atoms with Gasteiger partial charge >= 0.3 is 0 Å². The normalized spacial score (nSPS) is 10.2. The lowest BCUT2D eigenvalue weighted by Gasteiger charge is -2.14. The first-order valence-electron chi connectivity index (χ1n) is 6.35. The zero-order valence-electron chi connectivity index (χ0n) is 11.7. The molecule has 0 spiro atoms. The Morgan fingerprint density at radius 3 is 2.65 bits per heavy atom. The molecule has 5 nitrogen and oxygen atoms in total. The number of aryl methyl sites for hydroxylation is 1. The standard InChI is InChI=1S/C15H16N4O/c1-10(2)20-14-5-4-12(8-11(14)3)19-15-13(9-16)17-6-7-18-15/h4-8,10H,1-3H3,(H,18,19). The summed E-state index contributed by atoms with van der Waals surface area (Å²) in [4.78, 5) is 8.08. The summed E-state index contributed by atoms with van der Waals surface area (Å²) in [5.74, 6) is 1.30. The Balaban J connectivity index is 2.23. The Hall–Kier alpha value is -2.61. The van der Waals surface area contributed by atoms with Gasteiger partial charge in [0.25, 0.3) is 0 Å². The van der Waals surface area contributed by atoms with Gasteiger partial charge in [-0.3, -0.25) is 0 Å². The summed E-state index contributed by atoms with van der Waals surface area (Å²) in [5, 5.41) is 12.1. The lowest BCUT2D eigenvalue weighted by molar-refractivity contribution is 0.241. The Bertz CT molecular complexity index is 647.